The molecule has 0 aromatic heterocycles. The van der Waals surface area contributed by atoms with Gasteiger partial charge in [0.15, 0.2) is 0 Å². The molecule has 1 aliphatic carbocycles. The van der Waals surface area contributed by atoms with E-state index >= 15 is 0 Å². The number of carbonyl (C=O) groups is 3. The zero-order chi connectivity index (χ0) is 40.5. The largest absolute Gasteiger partial charge is 0.489 e. The van der Waals surface area contributed by atoms with Gasteiger partial charge in [0.2, 0.25) is 5.91 Å². The number of nitriles is 1. The van der Waals surface area contributed by atoms with E-state index in [0.717, 1.165) is 70.0 Å². The van der Waals surface area contributed by atoms with Gasteiger partial charge in [-0.3, -0.25) is 19.3 Å². The van der Waals surface area contributed by atoms with Crippen molar-refractivity contribution in [2.24, 2.45) is 16.7 Å². The van der Waals surface area contributed by atoms with E-state index in [2.05, 4.69) is 83.1 Å². The highest BCUT2D eigenvalue weighted by Gasteiger charge is 2.64. The maximum atomic E-state index is 13.5. The standard InChI is InChI=1S/C45H54ClN7O4/c1-29-6-17-38(41(56)48-29)49-39(54)31-7-14-35(15-8-31)53-24-22-51(23-25-53)28-30-18-20-52(21-19-30)34-12-9-32(10-13-34)40(55)50-42-44(2,3)43(45(42,4)5)57-36-16-11-33(27-47)37(46)26-36/h7-16,26,30,38,42-43H,1,6,17-25,28H2,2-5H3,(H,48,56)(H,49,54)(H,50,55). The lowest BCUT2D eigenvalue weighted by Crippen LogP contribution is -2.74. The fourth-order valence-electron chi connectivity index (χ4n) is 9.54. The molecule has 3 aromatic carbocycles. The van der Waals surface area contributed by atoms with Gasteiger partial charge in [0.05, 0.1) is 10.6 Å². The number of hydrogen-bond acceptors (Lipinski definition) is 8. The lowest BCUT2D eigenvalue weighted by molar-refractivity contribution is -0.164. The van der Waals surface area contributed by atoms with E-state index in [1.165, 1.54) is 0 Å². The normalized spacial score (nSPS) is 23.5. The maximum absolute atomic E-state index is 13.5. The number of ether oxygens (including phenoxy) is 1. The van der Waals surface area contributed by atoms with Crippen molar-refractivity contribution in [3.05, 3.63) is 101 Å². The third-order valence-electron chi connectivity index (χ3n) is 12.6. The molecule has 300 valence electrons. The van der Waals surface area contributed by atoms with Crippen molar-refractivity contribution < 1.29 is 19.1 Å². The molecule has 1 unspecified atom stereocenters. The quantitative estimate of drug-likeness (QED) is 0.216. The molecule has 0 bridgehead atoms. The second-order valence-electron chi connectivity index (χ2n) is 17.3. The molecule has 7 rings (SSSR count). The smallest absolute Gasteiger partial charge is 0.251 e. The zero-order valence-electron chi connectivity index (χ0n) is 33.4. The van der Waals surface area contributed by atoms with Crippen LogP contribution in [0.3, 0.4) is 0 Å². The number of benzene rings is 3. The lowest BCUT2D eigenvalue weighted by Gasteiger charge is -2.63. The van der Waals surface area contributed by atoms with Crippen LogP contribution < -0.4 is 30.5 Å². The summed E-state index contributed by atoms with van der Waals surface area (Å²) in [5, 5.41) is 18.4. The van der Waals surface area contributed by atoms with Gasteiger partial charge in [-0.05, 0) is 92.3 Å². The van der Waals surface area contributed by atoms with Crippen LogP contribution in [0.25, 0.3) is 0 Å². The van der Waals surface area contributed by atoms with Crippen LogP contribution in [0.5, 0.6) is 5.75 Å². The Morgan fingerprint density at radius 1 is 0.842 bits per heavy atom. The van der Waals surface area contributed by atoms with E-state index in [9.17, 15) is 19.6 Å². The molecule has 0 spiro atoms. The molecular formula is C45H54ClN7O4. The first-order valence-electron chi connectivity index (χ1n) is 20.1. The minimum absolute atomic E-state index is 0.0928. The Labute approximate surface area is 341 Å². The Bertz CT molecular complexity index is 2010. The molecule has 3 saturated heterocycles. The summed E-state index contributed by atoms with van der Waals surface area (Å²) >= 11 is 6.25. The number of nitrogens with zero attached hydrogens (tertiary/aromatic N) is 4. The molecule has 4 fully saturated rings. The summed E-state index contributed by atoms with van der Waals surface area (Å²) in [6.07, 6.45) is 3.33. The predicted octanol–water partition coefficient (Wildman–Crippen LogP) is 6.38. The van der Waals surface area contributed by atoms with Gasteiger partial charge in [-0.2, -0.15) is 5.26 Å². The van der Waals surface area contributed by atoms with Gasteiger partial charge in [0, 0.05) is 97.0 Å². The van der Waals surface area contributed by atoms with Gasteiger partial charge < -0.3 is 30.5 Å². The van der Waals surface area contributed by atoms with Crippen LogP contribution >= 0.6 is 11.6 Å². The highest BCUT2D eigenvalue weighted by atomic mass is 35.5. The Balaban J connectivity index is 0.832. The van der Waals surface area contributed by atoms with Crippen LogP contribution in [0.2, 0.25) is 5.02 Å². The molecule has 0 radical (unpaired) electrons. The number of halogens is 1. The summed E-state index contributed by atoms with van der Waals surface area (Å²) in [6.45, 7) is 19.2. The Hall–Kier alpha value is -5.05. The second-order valence-corrected chi connectivity index (χ2v) is 17.7. The Morgan fingerprint density at radius 3 is 1.95 bits per heavy atom. The van der Waals surface area contributed by atoms with Crippen LogP contribution in [-0.2, 0) is 4.79 Å². The topological polar surface area (TPSA) is 130 Å². The van der Waals surface area contributed by atoms with Gasteiger partial charge in [-0.15, -0.1) is 0 Å². The molecule has 12 heteroatoms. The number of piperidine rings is 2. The van der Waals surface area contributed by atoms with E-state index in [1.54, 1.807) is 18.2 Å². The summed E-state index contributed by atoms with van der Waals surface area (Å²) in [5.74, 6) is 0.722. The van der Waals surface area contributed by atoms with Crippen molar-refractivity contribution >= 4 is 40.7 Å². The van der Waals surface area contributed by atoms with Gasteiger partial charge in [-0.1, -0.05) is 45.9 Å². The molecule has 3 N–H and O–H groups in total. The average molecular weight is 792 g/mol. The number of piperazine rings is 1. The number of hydrogen-bond donors (Lipinski definition) is 3. The number of carbonyl (C=O) groups excluding carboxylic acids is 3. The number of rotatable bonds is 10. The minimum atomic E-state index is -0.533. The van der Waals surface area contributed by atoms with Gasteiger partial charge in [-0.25, -0.2) is 0 Å². The van der Waals surface area contributed by atoms with Crippen molar-refractivity contribution in [1.82, 2.24) is 20.9 Å². The lowest BCUT2D eigenvalue weighted by atomic mass is 9.49. The highest BCUT2D eigenvalue weighted by Crippen LogP contribution is 2.55. The first-order valence-corrected chi connectivity index (χ1v) is 20.5. The van der Waals surface area contributed by atoms with Gasteiger partial charge in [0.1, 0.15) is 24.0 Å². The molecule has 1 saturated carbocycles. The third kappa shape index (κ3) is 8.63. The van der Waals surface area contributed by atoms with Gasteiger partial charge in [0.25, 0.3) is 11.8 Å². The zero-order valence-corrected chi connectivity index (χ0v) is 34.2. The molecule has 3 heterocycles. The van der Waals surface area contributed by atoms with E-state index in [1.807, 2.05) is 36.4 Å². The summed E-state index contributed by atoms with van der Waals surface area (Å²) in [4.78, 5) is 45.8. The third-order valence-corrected chi connectivity index (χ3v) is 12.9. The molecule has 4 aliphatic rings. The Kier molecular flexibility index (Phi) is 11.6. The van der Waals surface area contributed by atoms with E-state index < -0.39 is 6.04 Å². The molecular weight excluding hydrogens is 738 g/mol. The maximum Gasteiger partial charge on any atom is 0.251 e. The second kappa shape index (κ2) is 16.4. The van der Waals surface area contributed by atoms with Crippen LogP contribution in [-0.4, -0.2) is 86.6 Å². The predicted molar refractivity (Wildman–Crippen MR) is 224 cm³/mol. The van der Waals surface area contributed by atoms with Crippen molar-refractivity contribution in [2.45, 2.75) is 71.6 Å². The summed E-state index contributed by atoms with van der Waals surface area (Å²) in [5.41, 5.74) is 3.88. The average Bonchev–Trinajstić information content (AvgIpc) is 3.20. The van der Waals surface area contributed by atoms with Crippen molar-refractivity contribution in [3.63, 3.8) is 0 Å². The molecule has 3 amide bonds. The van der Waals surface area contributed by atoms with E-state index in [-0.39, 0.29) is 40.7 Å². The van der Waals surface area contributed by atoms with E-state index in [4.69, 9.17) is 16.3 Å². The monoisotopic (exact) mass is 791 g/mol. The first kappa shape index (κ1) is 40.2. The van der Waals surface area contributed by atoms with Gasteiger partial charge >= 0.3 is 0 Å². The van der Waals surface area contributed by atoms with Crippen molar-refractivity contribution in [3.8, 4) is 11.8 Å². The first-order chi connectivity index (χ1) is 27.2. The fourth-order valence-corrected chi connectivity index (χ4v) is 9.75. The van der Waals surface area contributed by atoms with Crippen LogP contribution in [0.1, 0.15) is 79.7 Å². The van der Waals surface area contributed by atoms with Crippen LogP contribution in [0.4, 0.5) is 11.4 Å². The van der Waals surface area contributed by atoms with Crippen molar-refractivity contribution in [1.29, 1.82) is 5.26 Å². The Morgan fingerprint density at radius 2 is 1.40 bits per heavy atom. The van der Waals surface area contributed by atoms with Crippen LogP contribution in [0.15, 0.2) is 79.0 Å². The molecule has 1 atom stereocenters. The SMILES string of the molecule is C=C1CCC(NC(=O)c2ccc(N3CCN(CC4CCN(c5ccc(C(=O)NC6C(C)(C)C(Oc7ccc(C#N)c(Cl)c7)C6(C)C)cc5)CC4)CC3)cc2)C(=O)N1. The summed E-state index contributed by atoms with van der Waals surface area (Å²) in [7, 11) is 0. The summed E-state index contributed by atoms with van der Waals surface area (Å²) in [6, 6.07) is 22.2. The number of anilines is 2. The fraction of sp³-hybridized carbons (Fsp3) is 0.467. The number of allylic oxidation sites excluding steroid dienone is 1. The minimum Gasteiger partial charge on any atom is -0.489 e. The molecule has 3 aromatic rings. The summed E-state index contributed by atoms with van der Waals surface area (Å²) < 4.78 is 6.39. The molecule has 57 heavy (non-hydrogen) atoms. The number of nitrogens with one attached hydrogen (secondary N) is 3. The molecule has 3 aliphatic heterocycles. The molecule has 11 nitrogen and oxygen atoms in total. The van der Waals surface area contributed by atoms with E-state index in [0.29, 0.717) is 51.9 Å². The van der Waals surface area contributed by atoms with Crippen LogP contribution in [0, 0.1) is 28.1 Å². The highest BCUT2D eigenvalue weighted by molar-refractivity contribution is 6.31. The number of amides is 3. The van der Waals surface area contributed by atoms with Crippen molar-refractivity contribution in [2.75, 3.05) is 55.6 Å².